The summed E-state index contributed by atoms with van der Waals surface area (Å²) in [4.78, 5) is 19.6. The number of rotatable bonds is 5. The summed E-state index contributed by atoms with van der Waals surface area (Å²) in [7, 11) is 0. The maximum absolute atomic E-state index is 12.4. The van der Waals surface area contributed by atoms with E-state index >= 15 is 0 Å². The van der Waals surface area contributed by atoms with Gasteiger partial charge in [-0.25, -0.2) is 0 Å². The van der Waals surface area contributed by atoms with Gasteiger partial charge in [0.2, 0.25) is 5.91 Å². The second-order valence-electron chi connectivity index (χ2n) is 6.78. The number of hydrogen-bond donors (Lipinski definition) is 2. The highest BCUT2D eigenvalue weighted by atomic mass is 32.1. The van der Waals surface area contributed by atoms with Crippen molar-refractivity contribution in [3.05, 3.63) is 57.9 Å². The van der Waals surface area contributed by atoms with Crippen LogP contribution < -0.4 is 5.32 Å². The van der Waals surface area contributed by atoms with Crippen LogP contribution in [0.1, 0.15) is 22.9 Å². The zero-order chi connectivity index (χ0) is 17.2. The lowest BCUT2D eigenvalue weighted by Gasteiger charge is -2.32. The summed E-state index contributed by atoms with van der Waals surface area (Å²) in [5.74, 6) is 0.0878. The first-order chi connectivity index (χ1) is 12.2. The number of carbonyl (C=O) groups is 1. The van der Waals surface area contributed by atoms with Crippen LogP contribution in [0.4, 0.5) is 0 Å². The Bertz CT molecular complexity index is 882. The van der Waals surface area contributed by atoms with Gasteiger partial charge in [-0.15, -0.1) is 11.3 Å². The average Bonchev–Trinajstić information content (AvgIpc) is 3.26. The van der Waals surface area contributed by atoms with Crippen LogP contribution in [0.2, 0.25) is 0 Å². The number of benzene rings is 1. The number of aromatic nitrogens is 1. The van der Waals surface area contributed by atoms with Crippen molar-refractivity contribution in [2.45, 2.75) is 32.4 Å². The molecule has 1 unspecified atom stereocenters. The van der Waals surface area contributed by atoms with Crippen molar-refractivity contribution in [3.8, 4) is 0 Å². The second-order valence-corrected chi connectivity index (χ2v) is 7.78. The van der Waals surface area contributed by atoms with E-state index in [1.807, 2.05) is 35.7 Å². The molecule has 4 nitrogen and oxygen atoms in total. The summed E-state index contributed by atoms with van der Waals surface area (Å²) in [6, 6.07) is 10.7. The molecule has 3 heterocycles. The second kappa shape index (κ2) is 7.02. The molecule has 1 atom stereocenters. The van der Waals surface area contributed by atoms with E-state index in [2.05, 4.69) is 39.6 Å². The summed E-state index contributed by atoms with van der Waals surface area (Å²) < 4.78 is 0. The number of thiophene rings is 1. The first-order valence-electron chi connectivity index (χ1n) is 8.81. The molecule has 2 aromatic heterocycles. The predicted molar refractivity (Wildman–Crippen MR) is 103 cm³/mol. The monoisotopic (exact) mass is 353 g/mol. The smallest absolute Gasteiger partial charge is 0.224 e. The van der Waals surface area contributed by atoms with Gasteiger partial charge in [0, 0.05) is 47.7 Å². The van der Waals surface area contributed by atoms with Gasteiger partial charge in [0.1, 0.15) is 0 Å². The zero-order valence-corrected chi connectivity index (χ0v) is 15.2. The minimum absolute atomic E-state index is 0.0878. The molecule has 1 aliphatic rings. The van der Waals surface area contributed by atoms with Crippen LogP contribution >= 0.6 is 11.3 Å². The van der Waals surface area contributed by atoms with Crippen LogP contribution in [0.15, 0.2) is 41.9 Å². The number of carbonyl (C=O) groups excluding carboxylic acids is 1. The van der Waals surface area contributed by atoms with Gasteiger partial charge in [0.25, 0.3) is 0 Å². The molecule has 4 rings (SSSR count). The van der Waals surface area contributed by atoms with E-state index in [0.717, 1.165) is 36.0 Å². The molecular weight excluding hydrogens is 330 g/mol. The normalized spacial score (nSPS) is 15.9. The van der Waals surface area contributed by atoms with E-state index in [1.165, 1.54) is 10.4 Å². The highest BCUT2D eigenvalue weighted by Gasteiger charge is 2.21. The first-order valence-corrected chi connectivity index (χ1v) is 9.69. The zero-order valence-electron chi connectivity index (χ0n) is 14.4. The SMILES string of the molecule is CC(CNC(=O)Cc1c[nH]c2ccccc12)N1CCc2sccc2C1. The van der Waals surface area contributed by atoms with Gasteiger partial charge in [0.05, 0.1) is 6.42 Å². The van der Waals surface area contributed by atoms with Gasteiger partial charge in [-0.2, -0.15) is 0 Å². The van der Waals surface area contributed by atoms with Crippen molar-refractivity contribution in [1.29, 1.82) is 0 Å². The fraction of sp³-hybridized carbons (Fsp3) is 0.350. The molecule has 1 aromatic carbocycles. The fourth-order valence-corrected chi connectivity index (χ4v) is 4.44. The number of nitrogens with one attached hydrogen (secondary N) is 2. The Kier molecular flexibility index (Phi) is 4.59. The van der Waals surface area contributed by atoms with Crippen molar-refractivity contribution >= 4 is 28.1 Å². The number of aromatic amines is 1. The molecule has 3 aromatic rings. The molecule has 0 saturated heterocycles. The Morgan fingerprint density at radius 3 is 3.16 bits per heavy atom. The molecule has 0 saturated carbocycles. The van der Waals surface area contributed by atoms with Gasteiger partial charge in [0.15, 0.2) is 0 Å². The van der Waals surface area contributed by atoms with Crippen LogP contribution in [-0.2, 0) is 24.2 Å². The first kappa shape index (κ1) is 16.4. The molecular formula is C20H23N3OS. The molecule has 130 valence electrons. The quantitative estimate of drug-likeness (QED) is 0.739. The largest absolute Gasteiger partial charge is 0.361 e. The molecule has 0 radical (unpaired) electrons. The molecule has 0 bridgehead atoms. The van der Waals surface area contributed by atoms with E-state index in [4.69, 9.17) is 0 Å². The van der Waals surface area contributed by atoms with Crippen molar-refractivity contribution < 1.29 is 4.79 Å². The molecule has 1 amide bonds. The predicted octanol–water partition coefficient (Wildman–Crippen LogP) is 3.33. The van der Waals surface area contributed by atoms with E-state index in [-0.39, 0.29) is 5.91 Å². The fourth-order valence-electron chi connectivity index (χ4n) is 3.55. The summed E-state index contributed by atoms with van der Waals surface area (Å²) >= 11 is 1.86. The summed E-state index contributed by atoms with van der Waals surface area (Å²) in [5.41, 5.74) is 3.59. The van der Waals surface area contributed by atoms with Crippen LogP contribution in [0.3, 0.4) is 0 Å². The van der Waals surface area contributed by atoms with Gasteiger partial charge < -0.3 is 10.3 Å². The maximum Gasteiger partial charge on any atom is 0.224 e. The van der Waals surface area contributed by atoms with Crippen LogP contribution in [0.25, 0.3) is 10.9 Å². The molecule has 25 heavy (non-hydrogen) atoms. The molecule has 1 aliphatic heterocycles. The van der Waals surface area contributed by atoms with Crippen molar-refractivity contribution in [3.63, 3.8) is 0 Å². The third-order valence-electron chi connectivity index (χ3n) is 5.08. The van der Waals surface area contributed by atoms with Gasteiger partial charge in [-0.1, -0.05) is 18.2 Å². The summed E-state index contributed by atoms with van der Waals surface area (Å²) in [5, 5.41) is 6.42. The Hall–Kier alpha value is -2.11. The topological polar surface area (TPSA) is 48.1 Å². The number of amides is 1. The van der Waals surface area contributed by atoms with Crippen molar-refractivity contribution in [2.24, 2.45) is 0 Å². The number of H-pyrrole nitrogens is 1. The molecule has 5 heteroatoms. The molecule has 2 N–H and O–H groups in total. The Balaban J connectivity index is 1.31. The molecule has 0 aliphatic carbocycles. The van der Waals surface area contributed by atoms with E-state index in [0.29, 0.717) is 19.0 Å². The van der Waals surface area contributed by atoms with Crippen molar-refractivity contribution in [2.75, 3.05) is 13.1 Å². The summed E-state index contributed by atoms with van der Waals surface area (Å²) in [6.45, 7) is 4.97. The van der Waals surface area contributed by atoms with Crippen LogP contribution in [0.5, 0.6) is 0 Å². The minimum atomic E-state index is 0.0878. The van der Waals surface area contributed by atoms with Gasteiger partial charge in [-0.05, 0) is 42.0 Å². The summed E-state index contributed by atoms with van der Waals surface area (Å²) in [6.07, 6.45) is 3.49. The third kappa shape index (κ3) is 3.48. The van der Waals surface area contributed by atoms with E-state index in [9.17, 15) is 4.79 Å². The van der Waals surface area contributed by atoms with Gasteiger partial charge in [-0.3, -0.25) is 9.69 Å². The van der Waals surface area contributed by atoms with E-state index in [1.54, 1.807) is 0 Å². The van der Waals surface area contributed by atoms with E-state index < -0.39 is 0 Å². The standard InChI is InChI=1S/C20H23N3OS/c1-14(23-8-6-19-15(13-23)7-9-25-19)11-22-20(24)10-16-12-21-18-5-3-2-4-17(16)18/h2-5,7,9,12,14,21H,6,8,10-11,13H2,1H3,(H,22,24). The lowest BCUT2D eigenvalue weighted by atomic mass is 10.1. The van der Waals surface area contributed by atoms with Gasteiger partial charge >= 0.3 is 0 Å². The third-order valence-corrected chi connectivity index (χ3v) is 6.10. The minimum Gasteiger partial charge on any atom is -0.361 e. The number of para-hydroxylation sites is 1. The molecule has 0 spiro atoms. The Morgan fingerprint density at radius 2 is 2.24 bits per heavy atom. The number of fused-ring (bicyclic) bond motifs is 2. The average molecular weight is 353 g/mol. The molecule has 0 fully saturated rings. The highest BCUT2D eigenvalue weighted by molar-refractivity contribution is 7.10. The van der Waals surface area contributed by atoms with Crippen LogP contribution in [-0.4, -0.2) is 34.9 Å². The lowest BCUT2D eigenvalue weighted by molar-refractivity contribution is -0.120. The number of nitrogens with zero attached hydrogens (tertiary/aromatic N) is 1. The Labute approximate surface area is 151 Å². The lowest BCUT2D eigenvalue weighted by Crippen LogP contribution is -2.44. The Morgan fingerprint density at radius 1 is 1.36 bits per heavy atom. The highest BCUT2D eigenvalue weighted by Crippen LogP contribution is 2.25. The maximum atomic E-state index is 12.4. The number of hydrogen-bond acceptors (Lipinski definition) is 3. The van der Waals surface area contributed by atoms with Crippen molar-refractivity contribution in [1.82, 2.24) is 15.2 Å². The van der Waals surface area contributed by atoms with Crippen LogP contribution in [0, 0.1) is 0 Å².